The Labute approximate surface area is 184 Å². The lowest BCUT2D eigenvalue weighted by atomic mass is 10.2. The lowest BCUT2D eigenvalue weighted by Gasteiger charge is -2.22. The Morgan fingerprint density at radius 1 is 1.03 bits per heavy atom. The van der Waals surface area contributed by atoms with Gasteiger partial charge in [0.15, 0.2) is 0 Å². The van der Waals surface area contributed by atoms with Crippen LogP contribution in [0.2, 0.25) is 5.02 Å². The van der Waals surface area contributed by atoms with Crippen LogP contribution < -0.4 is 4.31 Å². The van der Waals surface area contributed by atoms with Gasteiger partial charge < -0.3 is 0 Å². The van der Waals surface area contributed by atoms with Crippen LogP contribution >= 0.6 is 11.6 Å². The highest BCUT2D eigenvalue weighted by atomic mass is 35.5. The predicted octanol–water partition coefficient (Wildman–Crippen LogP) is 4.14. The zero-order valence-corrected chi connectivity index (χ0v) is 19.0. The molecule has 0 bridgehead atoms. The molecule has 1 aliphatic heterocycles. The van der Waals surface area contributed by atoms with Crippen molar-refractivity contribution in [3.05, 3.63) is 52.5 Å². The Morgan fingerprint density at radius 3 is 2.26 bits per heavy atom. The standard InChI is InChI=1S/C19H20ClF3N2O4S2/c1-3-24(4-2)30(26,27)15-6-8-17-13(11-15)9-10-25(17)31(28,29)18-12-14(19(21,22)23)5-7-16(18)20/h5-8,11-12H,3-4,9-10H2,1-2H3. The van der Waals surface area contributed by atoms with Crippen molar-refractivity contribution < 1.29 is 30.0 Å². The average Bonchev–Trinajstić information content (AvgIpc) is 3.12. The van der Waals surface area contributed by atoms with Crippen LogP contribution in [0.15, 0.2) is 46.2 Å². The number of hydrogen-bond donors (Lipinski definition) is 0. The molecule has 2 aromatic carbocycles. The number of hydrogen-bond acceptors (Lipinski definition) is 4. The number of rotatable bonds is 6. The molecule has 6 nitrogen and oxygen atoms in total. The quantitative estimate of drug-likeness (QED) is 0.602. The number of fused-ring (bicyclic) bond motifs is 1. The average molecular weight is 497 g/mol. The summed E-state index contributed by atoms with van der Waals surface area (Å²) >= 11 is 5.93. The van der Waals surface area contributed by atoms with Crippen molar-refractivity contribution in [3.8, 4) is 0 Å². The number of sulfonamides is 2. The van der Waals surface area contributed by atoms with Crippen LogP contribution in [0, 0.1) is 0 Å². The lowest BCUT2D eigenvalue weighted by molar-refractivity contribution is -0.137. The van der Waals surface area contributed by atoms with E-state index in [4.69, 9.17) is 11.6 Å². The van der Waals surface area contributed by atoms with E-state index in [9.17, 15) is 30.0 Å². The van der Waals surface area contributed by atoms with Crippen LogP contribution in [0.4, 0.5) is 18.9 Å². The van der Waals surface area contributed by atoms with Gasteiger partial charge >= 0.3 is 6.18 Å². The summed E-state index contributed by atoms with van der Waals surface area (Å²) in [5.74, 6) is 0. The smallest absolute Gasteiger partial charge is 0.266 e. The van der Waals surface area contributed by atoms with E-state index < -0.39 is 36.7 Å². The molecule has 2 aromatic rings. The predicted molar refractivity (Wildman–Crippen MR) is 111 cm³/mol. The van der Waals surface area contributed by atoms with Crippen molar-refractivity contribution in [1.29, 1.82) is 0 Å². The molecule has 170 valence electrons. The molecule has 0 radical (unpaired) electrons. The Hall–Kier alpha value is -1.82. The fourth-order valence-electron chi connectivity index (χ4n) is 3.47. The summed E-state index contributed by atoms with van der Waals surface area (Å²) in [5.41, 5.74) is -0.442. The largest absolute Gasteiger partial charge is 0.416 e. The molecule has 3 rings (SSSR count). The molecule has 0 N–H and O–H groups in total. The summed E-state index contributed by atoms with van der Waals surface area (Å²) in [6, 6.07) is 6.19. The van der Waals surface area contributed by atoms with Crippen molar-refractivity contribution in [3.63, 3.8) is 0 Å². The maximum Gasteiger partial charge on any atom is 0.416 e. The van der Waals surface area contributed by atoms with Crippen LogP contribution in [0.5, 0.6) is 0 Å². The number of halogens is 4. The summed E-state index contributed by atoms with van der Waals surface area (Å²) in [6.07, 6.45) is -4.52. The Morgan fingerprint density at radius 2 is 1.68 bits per heavy atom. The van der Waals surface area contributed by atoms with E-state index in [0.29, 0.717) is 17.7 Å². The Kier molecular flexibility index (Phi) is 6.36. The van der Waals surface area contributed by atoms with Gasteiger partial charge in [-0.1, -0.05) is 25.4 Å². The number of nitrogens with zero attached hydrogens (tertiary/aromatic N) is 2. The monoisotopic (exact) mass is 496 g/mol. The highest BCUT2D eigenvalue weighted by molar-refractivity contribution is 7.93. The molecule has 0 aliphatic carbocycles. The first-order chi connectivity index (χ1) is 14.3. The van der Waals surface area contributed by atoms with Gasteiger partial charge in [0.25, 0.3) is 10.0 Å². The molecular weight excluding hydrogens is 477 g/mol. The minimum Gasteiger partial charge on any atom is -0.266 e. The third-order valence-corrected chi connectivity index (χ3v) is 9.41. The molecular formula is C19H20ClF3N2O4S2. The maximum absolute atomic E-state index is 13.1. The summed E-state index contributed by atoms with van der Waals surface area (Å²) in [6.45, 7) is 3.94. The molecule has 0 saturated heterocycles. The van der Waals surface area contributed by atoms with Gasteiger partial charge in [-0.15, -0.1) is 0 Å². The van der Waals surface area contributed by atoms with Crippen molar-refractivity contribution in [2.45, 2.75) is 36.2 Å². The number of anilines is 1. The third-order valence-electron chi connectivity index (χ3n) is 5.07. The Balaban J connectivity index is 2.04. The number of benzene rings is 2. The Bertz CT molecular complexity index is 1210. The lowest BCUT2D eigenvalue weighted by Crippen LogP contribution is -2.31. The minimum absolute atomic E-state index is 0.0336. The van der Waals surface area contributed by atoms with Gasteiger partial charge in [-0.05, 0) is 48.4 Å². The third kappa shape index (κ3) is 4.28. The van der Waals surface area contributed by atoms with Crippen LogP contribution in [-0.2, 0) is 32.6 Å². The molecule has 12 heteroatoms. The molecule has 0 unspecified atom stereocenters. The van der Waals surface area contributed by atoms with Crippen molar-refractivity contribution >= 4 is 37.3 Å². The fourth-order valence-corrected chi connectivity index (χ4v) is 6.98. The molecule has 31 heavy (non-hydrogen) atoms. The van der Waals surface area contributed by atoms with Gasteiger partial charge in [-0.25, -0.2) is 16.8 Å². The van der Waals surface area contributed by atoms with E-state index in [-0.39, 0.29) is 41.7 Å². The molecule has 0 amide bonds. The number of alkyl halides is 3. The zero-order valence-electron chi connectivity index (χ0n) is 16.6. The van der Waals surface area contributed by atoms with Crippen LogP contribution in [0.25, 0.3) is 0 Å². The molecule has 0 atom stereocenters. The van der Waals surface area contributed by atoms with Gasteiger partial charge in [0.2, 0.25) is 10.0 Å². The second-order valence-corrected chi connectivity index (χ2v) is 11.0. The van der Waals surface area contributed by atoms with E-state index in [1.165, 1.54) is 22.5 Å². The molecule has 1 aliphatic rings. The summed E-state index contributed by atoms with van der Waals surface area (Å²) in [5, 5.41) is -0.331. The first-order valence-electron chi connectivity index (χ1n) is 9.36. The van der Waals surface area contributed by atoms with Crippen LogP contribution in [0.3, 0.4) is 0 Å². The zero-order chi connectivity index (χ0) is 23.2. The van der Waals surface area contributed by atoms with Crippen LogP contribution in [-0.4, -0.2) is 40.8 Å². The minimum atomic E-state index is -4.73. The van der Waals surface area contributed by atoms with E-state index >= 15 is 0 Å². The first-order valence-corrected chi connectivity index (χ1v) is 12.6. The SMILES string of the molecule is CCN(CC)S(=O)(=O)c1ccc2c(c1)CCN2S(=O)(=O)c1cc(C(F)(F)F)ccc1Cl. The van der Waals surface area contributed by atoms with Gasteiger partial charge in [0, 0.05) is 19.6 Å². The first kappa shape index (κ1) is 23.8. The van der Waals surface area contributed by atoms with Gasteiger partial charge in [0.1, 0.15) is 4.90 Å². The van der Waals surface area contributed by atoms with Gasteiger partial charge in [0.05, 0.1) is 21.2 Å². The van der Waals surface area contributed by atoms with Crippen molar-refractivity contribution in [2.75, 3.05) is 23.9 Å². The maximum atomic E-state index is 13.1. The topological polar surface area (TPSA) is 74.8 Å². The molecule has 0 aromatic heterocycles. The summed E-state index contributed by atoms with van der Waals surface area (Å²) in [7, 11) is -8.14. The van der Waals surface area contributed by atoms with E-state index in [2.05, 4.69) is 0 Å². The van der Waals surface area contributed by atoms with E-state index in [1.54, 1.807) is 13.8 Å². The second kappa shape index (κ2) is 8.27. The van der Waals surface area contributed by atoms with Gasteiger partial charge in [-0.3, -0.25) is 4.31 Å². The molecule has 0 fully saturated rings. The summed E-state index contributed by atoms with van der Waals surface area (Å²) in [4.78, 5) is -0.622. The summed E-state index contributed by atoms with van der Waals surface area (Å²) < 4.78 is 93.2. The highest BCUT2D eigenvalue weighted by Crippen LogP contribution is 2.39. The van der Waals surface area contributed by atoms with Gasteiger partial charge in [-0.2, -0.15) is 17.5 Å². The second-order valence-electron chi connectivity index (χ2n) is 6.85. The molecule has 0 spiro atoms. The highest BCUT2D eigenvalue weighted by Gasteiger charge is 2.37. The van der Waals surface area contributed by atoms with E-state index in [1.807, 2.05) is 0 Å². The van der Waals surface area contributed by atoms with Crippen molar-refractivity contribution in [1.82, 2.24) is 4.31 Å². The van der Waals surface area contributed by atoms with E-state index in [0.717, 1.165) is 10.4 Å². The fraction of sp³-hybridized carbons (Fsp3) is 0.368. The van der Waals surface area contributed by atoms with Crippen LogP contribution in [0.1, 0.15) is 25.0 Å². The van der Waals surface area contributed by atoms with Crippen molar-refractivity contribution in [2.24, 2.45) is 0 Å². The molecule has 1 heterocycles. The molecule has 0 saturated carbocycles. The normalized spacial score (nSPS) is 14.9.